The molecule has 5 nitrogen and oxygen atoms in total. The van der Waals surface area contributed by atoms with Gasteiger partial charge >= 0.3 is 0 Å². The molecule has 0 amide bonds. The van der Waals surface area contributed by atoms with Gasteiger partial charge in [-0.2, -0.15) is 12.7 Å². The average molecular weight is 260 g/mol. The zero-order chi connectivity index (χ0) is 12.2. The van der Waals surface area contributed by atoms with Crippen molar-refractivity contribution < 1.29 is 13.5 Å². The molecule has 0 spiro atoms. The molecule has 0 atom stereocenters. The number of hydrogen-bond donors (Lipinski definition) is 2. The van der Waals surface area contributed by atoms with Gasteiger partial charge in [0.05, 0.1) is 4.88 Å². The first-order chi connectivity index (χ1) is 7.43. The summed E-state index contributed by atoms with van der Waals surface area (Å²) in [6.45, 7) is 0.0282. The average Bonchev–Trinajstić information content (AvgIpc) is 2.61. The Morgan fingerprint density at radius 3 is 2.88 bits per heavy atom. The van der Waals surface area contributed by atoms with Gasteiger partial charge in [-0.3, -0.25) is 0 Å². The molecule has 7 heteroatoms. The van der Waals surface area contributed by atoms with Crippen molar-refractivity contribution >= 4 is 21.5 Å². The second-order valence-corrected chi connectivity index (χ2v) is 5.64. The summed E-state index contributed by atoms with van der Waals surface area (Å²) >= 11 is 1.40. The van der Waals surface area contributed by atoms with Gasteiger partial charge in [-0.1, -0.05) is 11.8 Å². The van der Waals surface area contributed by atoms with Crippen molar-refractivity contribution in [1.29, 1.82) is 0 Å². The van der Waals surface area contributed by atoms with Crippen molar-refractivity contribution in [2.24, 2.45) is 5.14 Å². The summed E-state index contributed by atoms with van der Waals surface area (Å²) in [7, 11) is -2.24. The number of thiophene rings is 1. The molecule has 0 radical (unpaired) electrons. The van der Waals surface area contributed by atoms with E-state index in [-0.39, 0.29) is 13.2 Å². The number of rotatable bonds is 3. The number of aliphatic hydroxyl groups is 1. The molecule has 0 aliphatic rings. The van der Waals surface area contributed by atoms with E-state index in [1.54, 1.807) is 6.07 Å². The van der Waals surface area contributed by atoms with Gasteiger partial charge in [0.15, 0.2) is 0 Å². The molecule has 0 bridgehead atoms. The minimum absolute atomic E-state index is 0.190. The van der Waals surface area contributed by atoms with Gasteiger partial charge in [0, 0.05) is 13.6 Å². The number of aliphatic hydroxyl groups excluding tert-OH is 1. The maximum absolute atomic E-state index is 11.0. The van der Waals surface area contributed by atoms with E-state index in [1.807, 2.05) is 5.38 Å². The summed E-state index contributed by atoms with van der Waals surface area (Å²) in [5.41, 5.74) is 0.823. The molecule has 0 saturated heterocycles. The molecule has 16 heavy (non-hydrogen) atoms. The molecule has 0 saturated carbocycles. The Bertz CT molecular complexity index is 510. The SMILES string of the molecule is CN(Cc1csc(C#CCO)c1)S(N)(=O)=O. The lowest BCUT2D eigenvalue weighted by Gasteiger charge is -2.11. The maximum Gasteiger partial charge on any atom is 0.276 e. The predicted molar refractivity (Wildman–Crippen MR) is 62.9 cm³/mol. The molecule has 0 aliphatic heterocycles. The Morgan fingerprint density at radius 2 is 2.31 bits per heavy atom. The van der Waals surface area contributed by atoms with Crippen molar-refractivity contribution in [1.82, 2.24) is 4.31 Å². The van der Waals surface area contributed by atoms with Crippen LogP contribution in [0.25, 0.3) is 0 Å². The van der Waals surface area contributed by atoms with Crippen molar-refractivity contribution in [2.45, 2.75) is 6.54 Å². The Hall–Kier alpha value is -0.910. The molecule has 0 aliphatic carbocycles. The highest BCUT2D eigenvalue weighted by molar-refractivity contribution is 7.86. The quantitative estimate of drug-likeness (QED) is 0.734. The summed E-state index contributed by atoms with van der Waals surface area (Å²) in [6, 6.07) is 1.77. The summed E-state index contributed by atoms with van der Waals surface area (Å²) < 4.78 is 23.0. The van der Waals surface area contributed by atoms with E-state index in [9.17, 15) is 8.42 Å². The van der Waals surface area contributed by atoms with Gasteiger partial charge in [-0.15, -0.1) is 11.3 Å². The lowest BCUT2D eigenvalue weighted by molar-refractivity contribution is 0.350. The van der Waals surface area contributed by atoms with Crippen LogP contribution in [0.15, 0.2) is 11.4 Å². The molecule has 0 fully saturated rings. The van der Waals surface area contributed by atoms with Gasteiger partial charge < -0.3 is 5.11 Å². The number of nitrogens with two attached hydrogens (primary N) is 1. The van der Waals surface area contributed by atoms with Gasteiger partial charge in [0.25, 0.3) is 10.2 Å². The third-order valence-corrected chi connectivity index (χ3v) is 3.68. The third-order valence-electron chi connectivity index (χ3n) is 1.78. The molecule has 88 valence electrons. The van der Waals surface area contributed by atoms with E-state index in [4.69, 9.17) is 10.2 Å². The summed E-state index contributed by atoms with van der Waals surface area (Å²) in [4.78, 5) is 0.784. The largest absolute Gasteiger partial charge is 0.384 e. The first kappa shape index (κ1) is 13.2. The highest BCUT2D eigenvalue weighted by atomic mass is 32.2. The van der Waals surface area contributed by atoms with Crippen molar-refractivity contribution in [3.8, 4) is 11.8 Å². The van der Waals surface area contributed by atoms with E-state index in [0.29, 0.717) is 0 Å². The second-order valence-electron chi connectivity index (χ2n) is 3.08. The lowest BCUT2D eigenvalue weighted by Crippen LogP contribution is -2.32. The molecular formula is C9H12N2O3S2. The van der Waals surface area contributed by atoms with E-state index in [1.165, 1.54) is 18.4 Å². The van der Waals surface area contributed by atoms with Crippen LogP contribution in [0.4, 0.5) is 0 Å². The van der Waals surface area contributed by atoms with Crippen LogP contribution in [0.2, 0.25) is 0 Å². The Kier molecular flexibility index (Phi) is 4.46. The normalized spacial score (nSPS) is 11.2. The summed E-state index contributed by atoms with van der Waals surface area (Å²) in [6.07, 6.45) is 0. The smallest absolute Gasteiger partial charge is 0.276 e. The predicted octanol–water partition coefficient (Wildman–Crippen LogP) is -0.273. The molecule has 3 N–H and O–H groups in total. The van der Waals surface area contributed by atoms with E-state index >= 15 is 0 Å². The van der Waals surface area contributed by atoms with Gasteiger partial charge in [-0.25, -0.2) is 5.14 Å². The highest BCUT2D eigenvalue weighted by Gasteiger charge is 2.12. The minimum atomic E-state index is -3.65. The Labute approximate surface area is 98.7 Å². The van der Waals surface area contributed by atoms with Crippen LogP contribution in [0.5, 0.6) is 0 Å². The Morgan fingerprint density at radius 1 is 1.62 bits per heavy atom. The molecule has 1 aromatic rings. The van der Waals surface area contributed by atoms with Gasteiger partial charge in [0.1, 0.15) is 6.61 Å². The fourth-order valence-corrected chi connectivity index (χ4v) is 2.10. The van der Waals surface area contributed by atoms with E-state index in [2.05, 4.69) is 11.8 Å². The minimum Gasteiger partial charge on any atom is -0.384 e. The maximum atomic E-state index is 11.0. The third kappa shape index (κ3) is 3.92. The molecule has 0 aromatic carbocycles. The monoisotopic (exact) mass is 260 g/mol. The fourth-order valence-electron chi connectivity index (χ4n) is 0.998. The van der Waals surface area contributed by atoms with Crippen LogP contribution in [-0.2, 0) is 16.8 Å². The first-order valence-corrected chi connectivity index (χ1v) is 6.73. The molecule has 1 rings (SSSR count). The van der Waals surface area contributed by atoms with Gasteiger partial charge in [-0.05, 0) is 17.0 Å². The zero-order valence-corrected chi connectivity index (χ0v) is 10.3. The Balaban J connectivity index is 2.73. The van der Waals surface area contributed by atoms with Crippen LogP contribution < -0.4 is 5.14 Å². The van der Waals surface area contributed by atoms with Crippen LogP contribution in [0, 0.1) is 11.8 Å². The summed E-state index contributed by atoms with van der Waals surface area (Å²) in [5.74, 6) is 5.27. The molecule has 0 unspecified atom stereocenters. The number of nitrogens with zero attached hydrogens (tertiary/aromatic N) is 1. The second kappa shape index (κ2) is 5.43. The van der Waals surface area contributed by atoms with Crippen LogP contribution in [-0.4, -0.2) is 31.5 Å². The zero-order valence-electron chi connectivity index (χ0n) is 8.67. The fraction of sp³-hybridized carbons (Fsp3) is 0.333. The lowest BCUT2D eigenvalue weighted by atomic mass is 10.3. The van der Waals surface area contributed by atoms with Crippen molar-refractivity contribution in [3.05, 3.63) is 21.9 Å². The standard InChI is InChI=1S/C9H12N2O3S2/c1-11(16(10,13)14)6-8-5-9(15-7-8)3-2-4-12/h5,7,12H,4,6H2,1H3,(H2,10,13,14). The molecule has 1 aromatic heterocycles. The van der Waals surface area contributed by atoms with Crippen LogP contribution in [0.3, 0.4) is 0 Å². The summed E-state index contributed by atoms with van der Waals surface area (Å²) in [5, 5.41) is 15.3. The van der Waals surface area contributed by atoms with Crippen molar-refractivity contribution in [2.75, 3.05) is 13.7 Å². The van der Waals surface area contributed by atoms with E-state index in [0.717, 1.165) is 14.7 Å². The molecular weight excluding hydrogens is 248 g/mol. The van der Waals surface area contributed by atoms with Gasteiger partial charge in [0.2, 0.25) is 0 Å². The molecule has 1 heterocycles. The van der Waals surface area contributed by atoms with Crippen LogP contribution in [0.1, 0.15) is 10.4 Å². The first-order valence-electron chi connectivity index (χ1n) is 4.34. The van der Waals surface area contributed by atoms with Crippen LogP contribution >= 0.6 is 11.3 Å². The topological polar surface area (TPSA) is 83.6 Å². The van der Waals surface area contributed by atoms with Crippen molar-refractivity contribution in [3.63, 3.8) is 0 Å². The van der Waals surface area contributed by atoms with E-state index < -0.39 is 10.2 Å². The number of hydrogen-bond acceptors (Lipinski definition) is 4. The highest BCUT2D eigenvalue weighted by Crippen LogP contribution is 2.15.